The molecule has 0 radical (unpaired) electrons. The Balaban J connectivity index is 1.88. The predicted octanol–water partition coefficient (Wildman–Crippen LogP) is 1.73. The van der Waals surface area contributed by atoms with E-state index in [1.807, 2.05) is 12.1 Å². The molecule has 1 aromatic carbocycles. The van der Waals surface area contributed by atoms with E-state index in [1.54, 1.807) is 6.07 Å². The van der Waals surface area contributed by atoms with Crippen LogP contribution in [-0.4, -0.2) is 20.5 Å². The first-order chi connectivity index (χ1) is 9.55. The van der Waals surface area contributed by atoms with Crippen LogP contribution in [0.5, 0.6) is 0 Å². The average molecular weight is 294 g/mol. The molecule has 0 aromatic heterocycles. The zero-order chi connectivity index (χ0) is 14.2. The van der Waals surface area contributed by atoms with E-state index in [2.05, 4.69) is 4.72 Å². The van der Waals surface area contributed by atoms with Gasteiger partial charge in [0.05, 0.1) is 4.90 Å². The second-order valence-corrected chi connectivity index (χ2v) is 7.76. The van der Waals surface area contributed by atoms with Gasteiger partial charge in [-0.3, -0.25) is 0 Å². The first kappa shape index (κ1) is 14.0. The molecule has 3 N–H and O–H groups in total. The monoisotopic (exact) mass is 294 g/mol. The van der Waals surface area contributed by atoms with Crippen molar-refractivity contribution in [2.45, 2.75) is 55.4 Å². The van der Waals surface area contributed by atoms with Crippen LogP contribution in [0.1, 0.15) is 43.2 Å². The fourth-order valence-corrected chi connectivity index (χ4v) is 4.98. The quantitative estimate of drug-likeness (QED) is 0.888. The van der Waals surface area contributed by atoms with Gasteiger partial charge < -0.3 is 5.73 Å². The van der Waals surface area contributed by atoms with Crippen LogP contribution in [0, 0.1) is 0 Å². The Morgan fingerprint density at radius 3 is 2.50 bits per heavy atom. The fourth-order valence-electron chi connectivity index (χ4n) is 3.46. The van der Waals surface area contributed by atoms with Crippen LogP contribution in [0.15, 0.2) is 23.1 Å². The molecule has 1 aromatic rings. The molecule has 0 heterocycles. The lowest BCUT2D eigenvalue weighted by molar-refractivity contribution is 0.399. The van der Waals surface area contributed by atoms with E-state index in [-0.39, 0.29) is 0 Å². The summed E-state index contributed by atoms with van der Waals surface area (Å²) < 4.78 is 28.0. The molecular formula is C15H22N2O2S. The summed E-state index contributed by atoms with van der Waals surface area (Å²) in [5.74, 6) is 0. The number of nitrogens with one attached hydrogen (secondary N) is 1. The number of hydrogen-bond donors (Lipinski definition) is 2. The van der Waals surface area contributed by atoms with Crippen LogP contribution < -0.4 is 10.5 Å². The number of sulfonamides is 1. The molecule has 0 saturated heterocycles. The lowest BCUT2D eigenvalue weighted by Crippen LogP contribution is -2.51. The van der Waals surface area contributed by atoms with Gasteiger partial charge in [-0.05, 0) is 55.4 Å². The van der Waals surface area contributed by atoms with E-state index in [4.69, 9.17) is 5.73 Å². The molecule has 2 aliphatic carbocycles. The van der Waals surface area contributed by atoms with Crippen LogP contribution in [0.2, 0.25) is 0 Å². The Morgan fingerprint density at radius 1 is 1.10 bits per heavy atom. The van der Waals surface area contributed by atoms with Crippen LogP contribution >= 0.6 is 0 Å². The molecule has 1 fully saturated rings. The smallest absolute Gasteiger partial charge is 0.241 e. The van der Waals surface area contributed by atoms with Crippen molar-refractivity contribution in [3.63, 3.8) is 0 Å². The molecule has 3 rings (SSSR count). The van der Waals surface area contributed by atoms with Crippen LogP contribution in [0.25, 0.3) is 0 Å². The number of rotatable bonds is 4. The summed E-state index contributed by atoms with van der Waals surface area (Å²) in [6.07, 6.45) is 6.95. The van der Waals surface area contributed by atoms with Crippen molar-refractivity contribution in [1.82, 2.24) is 4.72 Å². The van der Waals surface area contributed by atoms with E-state index < -0.39 is 15.6 Å². The van der Waals surface area contributed by atoms with Gasteiger partial charge in [-0.25, -0.2) is 13.1 Å². The lowest BCUT2D eigenvalue weighted by Gasteiger charge is -2.28. The Labute approximate surface area is 120 Å². The largest absolute Gasteiger partial charge is 0.329 e. The molecule has 0 amide bonds. The third-order valence-corrected chi connectivity index (χ3v) is 6.26. The van der Waals surface area contributed by atoms with Crippen molar-refractivity contribution >= 4 is 10.0 Å². The Hall–Kier alpha value is -0.910. The summed E-state index contributed by atoms with van der Waals surface area (Å²) in [4.78, 5) is 0.387. The van der Waals surface area contributed by atoms with Gasteiger partial charge in [-0.2, -0.15) is 0 Å². The molecule has 20 heavy (non-hydrogen) atoms. The van der Waals surface area contributed by atoms with E-state index in [9.17, 15) is 8.42 Å². The summed E-state index contributed by atoms with van der Waals surface area (Å²) in [6, 6.07) is 5.52. The number of benzene rings is 1. The van der Waals surface area contributed by atoms with Crippen molar-refractivity contribution in [1.29, 1.82) is 0 Å². The zero-order valence-corrected chi connectivity index (χ0v) is 12.5. The molecule has 2 aliphatic rings. The summed E-state index contributed by atoms with van der Waals surface area (Å²) in [6.45, 7) is 0.372. The number of aryl methyl sites for hydroxylation is 2. The van der Waals surface area contributed by atoms with Gasteiger partial charge in [-0.1, -0.05) is 18.9 Å². The van der Waals surface area contributed by atoms with Crippen molar-refractivity contribution in [3.05, 3.63) is 29.3 Å². The van der Waals surface area contributed by atoms with E-state index in [0.29, 0.717) is 11.4 Å². The van der Waals surface area contributed by atoms with Crippen molar-refractivity contribution < 1.29 is 8.42 Å². The van der Waals surface area contributed by atoms with Gasteiger partial charge in [0.1, 0.15) is 0 Å². The minimum absolute atomic E-state index is 0.372. The van der Waals surface area contributed by atoms with Gasteiger partial charge in [0.25, 0.3) is 0 Å². The highest BCUT2D eigenvalue weighted by Crippen LogP contribution is 2.31. The Bertz CT molecular complexity index is 604. The normalized spacial score (nSPS) is 21.1. The molecule has 5 heteroatoms. The molecule has 0 atom stereocenters. The highest BCUT2D eigenvalue weighted by atomic mass is 32.2. The van der Waals surface area contributed by atoms with Gasteiger partial charge in [-0.15, -0.1) is 0 Å². The molecule has 0 spiro atoms. The standard InChI is InChI=1S/C15H22N2O2S/c16-11-15(8-1-2-9-15)17-20(18,19)14-7-6-12-4-3-5-13(12)10-14/h6-7,10,17H,1-5,8-9,11,16H2. The first-order valence-corrected chi connectivity index (χ1v) is 8.89. The molecule has 1 saturated carbocycles. The van der Waals surface area contributed by atoms with E-state index in [0.717, 1.165) is 44.9 Å². The summed E-state index contributed by atoms with van der Waals surface area (Å²) in [5.41, 5.74) is 7.86. The molecule has 0 unspecified atom stereocenters. The summed E-state index contributed by atoms with van der Waals surface area (Å²) in [5, 5.41) is 0. The fraction of sp³-hybridized carbons (Fsp3) is 0.600. The van der Waals surface area contributed by atoms with Gasteiger partial charge in [0.15, 0.2) is 0 Å². The predicted molar refractivity (Wildman–Crippen MR) is 79.0 cm³/mol. The number of hydrogen-bond acceptors (Lipinski definition) is 3. The summed E-state index contributed by atoms with van der Waals surface area (Å²) in [7, 11) is -3.47. The lowest BCUT2D eigenvalue weighted by atomic mass is 10.0. The maximum atomic E-state index is 12.6. The van der Waals surface area contributed by atoms with Crippen LogP contribution in [0.3, 0.4) is 0 Å². The minimum Gasteiger partial charge on any atom is -0.329 e. The Kier molecular flexibility index (Phi) is 3.60. The van der Waals surface area contributed by atoms with Crippen molar-refractivity contribution in [3.8, 4) is 0 Å². The molecule has 0 aliphatic heterocycles. The molecule has 110 valence electrons. The molecule has 0 bridgehead atoms. The topological polar surface area (TPSA) is 72.2 Å². The second kappa shape index (κ2) is 5.13. The maximum absolute atomic E-state index is 12.6. The average Bonchev–Trinajstić information content (AvgIpc) is 3.06. The SMILES string of the molecule is NCC1(NS(=O)(=O)c2ccc3c(c2)CCC3)CCCC1. The number of nitrogens with two attached hydrogens (primary N) is 1. The second-order valence-electron chi connectivity index (χ2n) is 6.08. The maximum Gasteiger partial charge on any atom is 0.241 e. The zero-order valence-electron chi connectivity index (χ0n) is 11.7. The van der Waals surface area contributed by atoms with Gasteiger partial charge >= 0.3 is 0 Å². The highest BCUT2D eigenvalue weighted by molar-refractivity contribution is 7.89. The Morgan fingerprint density at radius 2 is 1.80 bits per heavy atom. The van der Waals surface area contributed by atoms with Crippen LogP contribution in [0.4, 0.5) is 0 Å². The third kappa shape index (κ3) is 2.50. The van der Waals surface area contributed by atoms with Crippen molar-refractivity contribution in [2.75, 3.05) is 6.54 Å². The van der Waals surface area contributed by atoms with Crippen LogP contribution in [-0.2, 0) is 22.9 Å². The van der Waals surface area contributed by atoms with E-state index in [1.165, 1.54) is 11.1 Å². The number of fused-ring (bicyclic) bond motifs is 1. The van der Waals surface area contributed by atoms with Crippen molar-refractivity contribution in [2.24, 2.45) is 5.73 Å². The summed E-state index contributed by atoms with van der Waals surface area (Å²) >= 11 is 0. The van der Waals surface area contributed by atoms with E-state index >= 15 is 0 Å². The first-order valence-electron chi connectivity index (χ1n) is 7.41. The highest BCUT2D eigenvalue weighted by Gasteiger charge is 2.36. The van der Waals surface area contributed by atoms with Gasteiger partial charge in [0.2, 0.25) is 10.0 Å². The third-order valence-electron chi connectivity index (χ3n) is 4.68. The molecular weight excluding hydrogens is 272 g/mol. The molecule has 4 nitrogen and oxygen atoms in total. The van der Waals surface area contributed by atoms with Gasteiger partial charge in [0, 0.05) is 12.1 Å². The minimum atomic E-state index is -3.47.